The zero-order chi connectivity index (χ0) is 30.9. The lowest BCUT2D eigenvalue weighted by atomic mass is 10.1. The number of benzene rings is 4. The van der Waals surface area contributed by atoms with Crippen LogP contribution in [0.2, 0.25) is 0 Å². The first-order chi connectivity index (χ1) is 20.6. The summed E-state index contributed by atoms with van der Waals surface area (Å²) in [4.78, 5) is 47.8. The molecule has 11 nitrogen and oxygen atoms in total. The minimum Gasteiger partial charge on any atom is -0.504 e. The van der Waals surface area contributed by atoms with E-state index in [0.717, 1.165) is 12.1 Å². The summed E-state index contributed by atoms with van der Waals surface area (Å²) in [5.74, 6) is -3.26. The quantitative estimate of drug-likeness (QED) is 0.0912. The van der Waals surface area contributed by atoms with E-state index in [4.69, 9.17) is 25.1 Å². The van der Waals surface area contributed by atoms with Crippen molar-refractivity contribution in [1.82, 2.24) is 0 Å². The highest BCUT2D eigenvalue weighted by atomic mass is 16.5. The largest absolute Gasteiger partial charge is 0.504 e. The van der Waals surface area contributed by atoms with Crippen LogP contribution >= 0.6 is 0 Å². The number of carbonyl (C=O) groups excluding carboxylic acids is 3. The number of carboxylic acid groups (broad SMARTS) is 1. The number of hydrogen-bond acceptors (Lipinski definition) is 10. The van der Waals surface area contributed by atoms with Gasteiger partial charge in [0.15, 0.2) is 11.5 Å². The van der Waals surface area contributed by atoms with Gasteiger partial charge in [-0.2, -0.15) is 0 Å². The second-order valence-electron chi connectivity index (χ2n) is 9.12. The summed E-state index contributed by atoms with van der Waals surface area (Å²) in [5.41, 5.74) is 7.08. The van der Waals surface area contributed by atoms with Gasteiger partial charge in [-0.3, -0.25) is 4.79 Å². The topological polar surface area (TPSA) is 183 Å². The third kappa shape index (κ3) is 8.52. The molecular formula is C32H25NO10. The number of phenols is 2. The molecule has 0 aromatic heterocycles. The molecule has 11 heteroatoms. The van der Waals surface area contributed by atoms with E-state index in [1.165, 1.54) is 42.5 Å². The second-order valence-corrected chi connectivity index (χ2v) is 9.12. The van der Waals surface area contributed by atoms with Crippen molar-refractivity contribution in [2.24, 2.45) is 5.73 Å². The van der Waals surface area contributed by atoms with Crippen LogP contribution < -0.4 is 19.9 Å². The van der Waals surface area contributed by atoms with E-state index >= 15 is 0 Å². The fourth-order valence-electron chi connectivity index (χ4n) is 3.64. The molecule has 0 heterocycles. The van der Waals surface area contributed by atoms with Gasteiger partial charge < -0.3 is 35.3 Å². The molecule has 0 aliphatic rings. The highest BCUT2D eigenvalue weighted by Gasteiger charge is 2.14. The van der Waals surface area contributed by atoms with Crippen LogP contribution in [0.15, 0.2) is 97.1 Å². The predicted molar refractivity (Wildman–Crippen MR) is 153 cm³/mol. The number of hydrogen-bond donors (Lipinski definition) is 4. The average Bonchev–Trinajstić information content (AvgIpc) is 2.99. The normalized spacial score (nSPS) is 11.5. The van der Waals surface area contributed by atoms with Gasteiger partial charge in [-0.25, -0.2) is 14.4 Å². The number of carbonyl (C=O) groups is 4. The number of carboxylic acids is 1. The van der Waals surface area contributed by atoms with E-state index in [9.17, 15) is 29.4 Å². The molecule has 1 atom stereocenters. The first-order valence-corrected chi connectivity index (χ1v) is 12.7. The number of phenolic OH excluding ortho intramolecular Hbond substituents is 2. The van der Waals surface area contributed by atoms with E-state index in [0.29, 0.717) is 11.1 Å². The molecule has 0 bridgehead atoms. The molecular weight excluding hydrogens is 558 g/mol. The molecule has 43 heavy (non-hydrogen) atoms. The van der Waals surface area contributed by atoms with E-state index < -0.39 is 35.7 Å². The third-order valence-corrected chi connectivity index (χ3v) is 5.93. The Bertz CT molecular complexity index is 1660. The molecule has 5 N–H and O–H groups in total. The van der Waals surface area contributed by atoms with E-state index in [-0.39, 0.29) is 40.5 Å². The van der Waals surface area contributed by atoms with E-state index in [2.05, 4.69) is 0 Å². The van der Waals surface area contributed by atoms with Crippen molar-refractivity contribution in [2.45, 2.75) is 12.5 Å². The SMILES string of the molecule is N[C@@H](Cc1ccc(OC(=O)C=Cc2ccc(OC(=O)c3ccc(OC(=O)c4ccc(O)c(O)c4)cc3)cc2)cc1)C(=O)O. The van der Waals surface area contributed by atoms with Gasteiger partial charge in [0.05, 0.1) is 11.1 Å². The molecule has 0 unspecified atom stereocenters. The Morgan fingerprint density at radius 2 is 1.19 bits per heavy atom. The van der Waals surface area contributed by atoms with Gasteiger partial charge in [-0.05, 0) is 90.4 Å². The first-order valence-electron chi connectivity index (χ1n) is 12.7. The molecule has 0 spiro atoms. The zero-order valence-electron chi connectivity index (χ0n) is 22.4. The van der Waals surface area contributed by atoms with Crippen molar-refractivity contribution in [3.05, 3.63) is 119 Å². The summed E-state index contributed by atoms with van der Waals surface area (Å²) in [6, 6.07) is 20.9. The van der Waals surface area contributed by atoms with Crippen LogP contribution in [0.5, 0.6) is 28.7 Å². The molecule has 0 saturated carbocycles. The van der Waals surface area contributed by atoms with Crippen LogP contribution in [-0.4, -0.2) is 45.2 Å². The Morgan fingerprint density at radius 1 is 0.674 bits per heavy atom. The standard InChI is InChI=1S/C32H25NO10/c33-26(30(37)38)17-20-3-11-23(12-4-20)41-29(36)16-5-19-1-9-24(10-2-19)42-31(39)21-6-13-25(14-7-21)43-32(40)22-8-15-27(34)28(35)18-22/h1-16,18,26,34-35H,17,33H2,(H,37,38)/t26-/m0/s1. The number of aromatic hydroxyl groups is 2. The average molecular weight is 584 g/mol. The predicted octanol–water partition coefficient (Wildman–Crippen LogP) is 4.11. The van der Waals surface area contributed by atoms with Gasteiger partial charge in [-0.15, -0.1) is 0 Å². The van der Waals surface area contributed by atoms with Crippen molar-refractivity contribution in [1.29, 1.82) is 0 Å². The Balaban J connectivity index is 1.26. The molecule has 4 aromatic carbocycles. The fourth-order valence-corrected chi connectivity index (χ4v) is 3.64. The van der Waals surface area contributed by atoms with Crippen molar-refractivity contribution in [3.8, 4) is 28.7 Å². The lowest BCUT2D eigenvalue weighted by Crippen LogP contribution is -2.32. The highest BCUT2D eigenvalue weighted by molar-refractivity contribution is 5.93. The van der Waals surface area contributed by atoms with Gasteiger partial charge in [0.1, 0.15) is 23.3 Å². The molecule has 0 fully saturated rings. The number of nitrogens with two attached hydrogens (primary N) is 1. The lowest BCUT2D eigenvalue weighted by Gasteiger charge is -2.07. The van der Waals surface area contributed by atoms with Crippen LogP contribution in [0.25, 0.3) is 6.08 Å². The molecule has 218 valence electrons. The summed E-state index contributed by atoms with van der Waals surface area (Å²) in [6.45, 7) is 0. The number of ether oxygens (including phenoxy) is 3. The summed E-state index contributed by atoms with van der Waals surface area (Å²) in [7, 11) is 0. The van der Waals surface area contributed by atoms with Crippen molar-refractivity contribution < 1.29 is 48.7 Å². The molecule has 0 aliphatic carbocycles. The van der Waals surface area contributed by atoms with Crippen LogP contribution in [0.1, 0.15) is 31.8 Å². The molecule has 0 radical (unpaired) electrons. The minimum absolute atomic E-state index is 0.0287. The van der Waals surface area contributed by atoms with E-state index in [1.54, 1.807) is 48.5 Å². The van der Waals surface area contributed by atoms with Crippen LogP contribution in [-0.2, 0) is 16.0 Å². The summed E-state index contributed by atoms with van der Waals surface area (Å²) in [6.07, 6.45) is 2.90. The minimum atomic E-state index is -1.10. The van der Waals surface area contributed by atoms with Crippen molar-refractivity contribution in [3.63, 3.8) is 0 Å². The Labute approximate surface area is 245 Å². The van der Waals surface area contributed by atoms with Gasteiger partial charge in [-0.1, -0.05) is 24.3 Å². The maximum absolute atomic E-state index is 12.5. The van der Waals surface area contributed by atoms with Crippen LogP contribution in [0, 0.1) is 0 Å². The lowest BCUT2D eigenvalue weighted by molar-refractivity contribution is -0.138. The number of aliphatic carboxylic acids is 1. The van der Waals surface area contributed by atoms with Gasteiger partial charge >= 0.3 is 23.9 Å². The molecule has 4 rings (SSSR count). The Kier molecular flexibility index (Phi) is 9.51. The Hall–Kier alpha value is -5.94. The molecule has 0 amide bonds. The maximum Gasteiger partial charge on any atom is 0.343 e. The smallest absolute Gasteiger partial charge is 0.343 e. The first kappa shape index (κ1) is 30.0. The second kappa shape index (κ2) is 13.6. The third-order valence-electron chi connectivity index (χ3n) is 5.93. The molecule has 4 aromatic rings. The van der Waals surface area contributed by atoms with Gasteiger partial charge in [0.25, 0.3) is 0 Å². The van der Waals surface area contributed by atoms with Crippen molar-refractivity contribution >= 4 is 30.0 Å². The summed E-state index contributed by atoms with van der Waals surface area (Å²) in [5, 5.41) is 27.8. The molecule has 0 aliphatic heterocycles. The maximum atomic E-state index is 12.5. The van der Waals surface area contributed by atoms with Gasteiger partial charge in [0.2, 0.25) is 0 Å². The summed E-state index contributed by atoms with van der Waals surface area (Å²) < 4.78 is 15.8. The highest BCUT2D eigenvalue weighted by Crippen LogP contribution is 2.26. The number of rotatable bonds is 10. The Morgan fingerprint density at radius 3 is 1.77 bits per heavy atom. The van der Waals surface area contributed by atoms with E-state index in [1.807, 2.05) is 0 Å². The van der Waals surface area contributed by atoms with Gasteiger partial charge in [0, 0.05) is 6.08 Å². The molecule has 0 saturated heterocycles. The zero-order valence-corrected chi connectivity index (χ0v) is 22.4. The van der Waals surface area contributed by atoms with Crippen molar-refractivity contribution in [2.75, 3.05) is 0 Å². The van der Waals surface area contributed by atoms with Crippen LogP contribution in [0.3, 0.4) is 0 Å². The fraction of sp³-hybridized carbons (Fsp3) is 0.0625. The monoisotopic (exact) mass is 583 g/mol. The number of esters is 3. The summed E-state index contributed by atoms with van der Waals surface area (Å²) >= 11 is 0. The van der Waals surface area contributed by atoms with Crippen LogP contribution in [0.4, 0.5) is 0 Å².